The van der Waals surface area contributed by atoms with E-state index in [-0.39, 0.29) is 0 Å². The van der Waals surface area contributed by atoms with Crippen molar-refractivity contribution in [2.75, 3.05) is 0 Å². The second-order valence-corrected chi connectivity index (χ2v) is 7.39. The third kappa shape index (κ3) is 3.94. The lowest BCUT2D eigenvalue weighted by Crippen LogP contribution is -1.86. The van der Waals surface area contributed by atoms with Gasteiger partial charge in [-0.2, -0.15) is 0 Å². The van der Waals surface area contributed by atoms with Gasteiger partial charge in [-0.1, -0.05) is 69.1 Å². The van der Waals surface area contributed by atoms with E-state index in [2.05, 4.69) is 0 Å². The minimum absolute atomic E-state index is 0.425. The third-order valence-electron chi connectivity index (χ3n) is 2.59. The molecule has 0 N–H and O–H groups in total. The Morgan fingerprint density at radius 2 is 1.10 bits per heavy atom. The van der Waals surface area contributed by atoms with Gasteiger partial charge in [-0.3, -0.25) is 0 Å². The molecule has 0 aliphatic rings. The van der Waals surface area contributed by atoms with Crippen molar-refractivity contribution in [3.8, 4) is 0 Å². The summed E-state index contributed by atoms with van der Waals surface area (Å²) in [6, 6.07) is 11.4. The molecule has 6 heteroatoms. The van der Waals surface area contributed by atoms with Crippen LogP contribution in [0.15, 0.2) is 46.2 Å². The normalized spacial score (nSPS) is 10.8. The first-order valence-electron chi connectivity index (χ1n) is 5.68. The highest BCUT2D eigenvalue weighted by Gasteiger charge is 2.12. The molecule has 2 aromatic rings. The van der Waals surface area contributed by atoms with E-state index in [0.29, 0.717) is 21.8 Å². The quantitative estimate of drug-likeness (QED) is 0.393. The maximum Gasteiger partial charge on any atom is 0.0553 e. The minimum Gasteiger partial charge on any atom is -0.122 e. The molecule has 0 bridgehead atoms. The fourth-order valence-corrected chi connectivity index (χ4v) is 5.72. The summed E-state index contributed by atoms with van der Waals surface area (Å²) in [5, 5.41) is 1.39. The highest BCUT2D eigenvalue weighted by atomic mass is 35.5. The monoisotopic (exact) mass is 382 g/mol. The standard InChI is InChI=1S/C14H10Cl4S2/c15-7-9-3-1-5-11(17)13(9)19-20-14-10(8-16)4-2-6-12(14)18/h1-6H,7-8H2. The van der Waals surface area contributed by atoms with Gasteiger partial charge in [0.2, 0.25) is 0 Å². The molecule has 0 nitrogen and oxygen atoms in total. The Labute approximate surface area is 146 Å². The van der Waals surface area contributed by atoms with Gasteiger partial charge in [0.1, 0.15) is 0 Å². The average molecular weight is 384 g/mol. The SMILES string of the molecule is ClCc1cccc(Cl)c1SSc1c(Cl)cccc1CCl. The molecule has 0 spiro atoms. The molecule has 0 saturated carbocycles. The molecule has 0 atom stereocenters. The molecule has 0 aliphatic carbocycles. The molecule has 0 unspecified atom stereocenters. The van der Waals surface area contributed by atoms with Gasteiger partial charge in [-0.25, -0.2) is 0 Å². The number of halogens is 4. The van der Waals surface area contributed by atoms with Crippen LogP contribution in [0.3, 0.4) is 0 Å². The van der Waals surface area contributed by atoms with Gasteiger partial charge in [0, 0.05) is 21.6 Å². The number of alkyl halides is 2. The predicted octanol–water partition coefficient (Wildman–Crippen LogP) is 7.27. The molecule has 106 valence electrons. The van der Waals surface area contributed by atoms with Gasteiger partial charge in [0.05, 0.1) is 10.0 Å². The second-order valence-electron chi connectivity index (χ2n) is 3.89. The highest BCUT2D eigenvalue weighted by molar-refractivity contribution is 8.76. The van der Waals surface area contributed by atoms with Crippen LogP contribution in [-0.4, -0.2) is 0 Å². The van der Waals surface area contributed by atoms with E-state index in [0.717, 1.165) is 20.9 Å². The van der Waals surface area contributed by atoms with E-state index in [4.69, 9.17) is 46.4 Å². The van der Waals surface area contributed by atoms with Crippen LogP contribution in [0.5, 0.6) is 0 Å². The van der Waals surface area contributed by atoms with Crippen LogP contribution in [0.1, 0.15) is 11.1 Å². The molecule has 2 rings (SSSR count). The number of hydrogen-bond acceptors (Lipinski definition) is 2. The highest BCUT2D eigenvalue weighted by Crippen LogP contribution is 2.46. The van der Waals surface area contributed by atoms with Crippen LogP contribution in [-0.2, 0) is 11.8 Å². The van der Waals surface area contributed by atoms with Gasteiger partial charge in [0.25, 0.3) is 0 Å². The topological polar surface area (TPSA) is 0 Å². The lowest BCUT2D eigenvalue weighted by Gasteiger charge is -2.11. The van der Waals surface area contributed by atoms with E-state index in [9.17, 15) is 0 Å². The van der Waals surface area contributed by atoms with Crippen LogP contribution in [0.2, 0.25) is 10.0 Å². The Bertz CT molecular complexity index is 548. The molecule has 20 heavy (non-hydrogen) atoms. The molecule has 0 amide bonds. The first-order valence-corrected chi connectivity index (χ1v) is 9.66. The lowest BCUT2D eigenvalue weighted by molar-refractivity contribution is 1.26. The average Bonchev–Trinajstić information content (AvgIpc) is 2.46. The van der Waals surface area contributed by atoms with Crippen molar-refractivity contribution in [2.24, 2.45) is 0 Å². The van der Waals surface area contributed by atoms with Gasteiger partial charge in [0.15, 0.2) is 0 Å². The van der Waals surface area contributed by atoms with E-state index >= 15 is 0 Å². The largest absolute Gasteiger partial charge is 0.122 e. The van der Waals surface area contributed by atoms with E-state index < -0.39 is 0 Å². The lowest BCUT2D eigenvalue weighted by atomic mass is 10.2. The van der Waals surface area contributed by atoms with Crippen LogP contribution in [0, 0.1) is 0 Å². The molecule has 0 aromatic heterocycles. The van der Waals surface area contributed by atoms with E-state index in [1.165, 1.54) is 0 Å². The Balaban J connectivity index is 2.26. The maximum atomic E-state index is 6.24. The molecule has 0 fully saturated rings. The molecular formula is C14H10Cl4S2. The van der Waals surface area contributed by atoms with Crippen LogP contribution in [0.4, 0.5) is 0 Å². The van der Waals surface area contributed by atoms with Crippen molar-refractivity contribution in [3.63, 3.8) is 0 Å². The summed E-state index contributed by atoms with van der Waals surface area (Å²) in [5.41, 5.74) is 2.02. The number of benzene rings is 2. The Hall–Kier alpha value is 0.300. The van der Waals surface area contributed by atoms with Crippen LogP contribution >= 0.6 is 68.0 Å². The van der Waals surface area contributed by atoms with Gasteiger partial charge in [-0.15, -0.1) is 23.2 Å². The van der Waals surface area contributed by atoms with Crippen molar-refractivity contribution in [3.05, 3.63) is 57.6 Å². The molecule has 0 saturated heterocycles. The summed E-state index contributed by atoms with van der Waals surface area (Å²) >= 11 is 24.4. The zero-order valence-electron chi connectivity index (χ0n) is 10.2. The predicted molar refractivity (Wildman–Crippen MR) is 93.7 cm³/mol. The molecule has 0 aliphatic heterocycles. The fourth-order valence-electron chi connectivity index (χ4n) is 1.59. The van der Waals surface area contributed by atoms with Gasteiger partial charge < -0.3 is 0 Å². The van der Waals surface area contributed by atoms with Crippen molar-refractivity contribution in [2.45, 2.75) is 21.6 Å². The van der Waals surface area contributed by atoms with E-state index in [1.807, 2.05) is 36.4 Å². The number of hydrogen-bond donors (Lipinski definition) is 0. The zero-order valence-corrected chi connectivity index (χ0v) is 14.9. The van der Waals surface area contributed by atoms with Crippen molar-refractivity contribution >= 4 is 68.0 Å². The number of rotatable bonds is 5. The van der Waals surface area contributed by atoms with E-state index in [1.54, 1.807) is 21.6 Å². The Kier molecular flexibility index (Phi) is 6.73. The zero-order chi connectivity index (χ0) is 14.5. The Morgan fingerprint density at radius 3 is 1.45 bits per heavy atom. The molecule has 2 aromatic carbocycles. The first kappa shape index (κ1) is 16.7. The third-order valence-corrected chi connectivity index (χ3v) is 6.65. The summed E-state index contributed by atoms with van der Waals surface area (Å²) in [7, 11) is 3.10. The summed E-state index contributed by atoms with van der Waals surface area (Å²) in [6.45, 7) is 0. The van der Waals surface area contributed by atoms with Crippen LogP contribution < -0.4 is 0 Å². The summed E-state index contributed by atoms with van der Waals surface area (Å²) in [5.74, 6) is 0.850. The molecule has 0 radical (unpaired) electrons. The van der Waals surface area contributed by atoms with Crippen molar-refractivity contribution in [1.82, 2.24) is 0 Å². The van der Waals surface area contributed by atoms with Gasteiger partial charge in [-0.05, 0) is 23.3 Å². The van der Waals surface area contributed by atoms with Crippen LogP contribution in [0.25, 0.3) is 0 Å². The second kappa shape index (κ2) is 8.07. The summed E-state index contributed by atoms with van der Waals surface area (Å²) < 4.78 is 0. The molecular weight excluding hydrogens is 374 g/mol. The fraction of sp³-hybridized carbons (Fsp3) is 0.143. The summed E-state index contributed by atoms with van der Waals surface area (Å²) in [6.07, 6.45) is 0. The Morgan fingerprint density at radius 1 is 0.700 bits per heavy atom. The summed E-state index contributed by atoms with van der Waals surface area (Å²) in [4.78, 5) is 1.93. The first-order chi connectivity index (χ1) is 9.67. The van der Waals surface area contributed by atoms with Gasteiger partial charge >= 0.3 is 0 Å². The van der Waals surface area contributed by atoms with Crippen molar-refractivity contribution < 1.29 is 0 Å². The minimum atomic E-state index is 0.425. The maximum absolute atomic E-state index is 6.24. The van der Waals surface area contributed by atoms with Crippen molar-refractivity contribution in [1.29, 1.82) is 0 Å². The molecule has 0 heterocycles. The smallest absolute Gasteiger partial charge is 0.0553 e.